The van der Waals surface area contributed by atoms with E-state index in [0.717, 1.165) is 11.9 Å². The zero-order valence-electron chi connectivity index (χ0n) is 11.4. The van der Waals surface area contributed by atoms with Gasteiger partial charge in [0.2, 0.25) is 10.0 Å². The number of sulfonamides is 1. The Bertz CT molecular complexity index is 681. The first kappa shape index (κ1) is 15.3. The van der Waals surface area contributed by atoms with Gasteiger partial charge in [-0.05, 0) is 37.7 Å². The van der Waals surface area contributed by atoms with Gasteiger partial charge in [-0.2, -0.15) is 0 Å². The van der Waals surface area contributed by atoms with Crippen molar-refractivity contribution in [1.29, 1.82) is 0 Å². The molecule has 8 heteroatoms. The lowest BCUT2D eigenvalue weighted by molar-refractivity contribution is 0.575. The lowest BCUT2D eigenvalue weighted by Crippen LogP contribution is -2.34. The average Bonchev–Trinajstić information content (AvgIpc) is 2.88. The van der Waals surface area contributed by atoms with Gasteiger partial charge in [0, 0.05) is 25.0 Å². The summed E-state index contributed by atoms with van der Waals surface area (Å²) in [5, 5.41) is -0.429. The Hall–Kier alpha value is -1.12. The van der Waals surface area contributed by atoms with Crippen LogP contribution in [0.4, 0.5) is 5.69 Å². The molecule has 1 aromatic rings. The van der Waals surface area contributed by atoms with E-state index in [4.69, 9.17) is 0 Å². The highest BCUT2D eigenvalue weighted by Crippen LogP contribution is 2.24. The first-order chi connectivity index (χ1) is 9.24. The number of hydrogen-bond acceptors (Lipinski definition) is 5. The Morgan fingerprint density at radius 2 is 1.75 bits per heavy atom. The van der Waals surface area contributed by atoms with Crippen molar-refractivity contribution in [2.75, 3.05) is 31.3 Å². The Morgan fingerprint density at radius 1 is 1.15 bits per heavy atom. The van der Waals surface area contributed by atoms with Gasteiger partial charge in [0.1, 0.15) is 0 Å². The number of hydrogen-bond donors (Lipinski definition) is 1. The summed E-state index contributed by atoms with van der Waals surface area (Å²) >= 11 is 0. The van der Waals surface area contributed by atoms with E-state index < -0.39 is 25.1 Å². The summed E-state index contributed by atoms with van der Waals surface area (Å²) in [7, 11) is -5.05. The maximum Gasteiger partial charge on any atom is 0.216 e. The van der Waals surface area contributed by atoms with Crippen LogP contribution in [0, 0.1) is 0 Å². The molecule has 0 saturated carbocycles. The molecule has 1 atom stereocenters. The lowest BCUT2D eigenvalue weighted by atomic mass is 10.3. The van der Waals surface area contributed by atoms with Gasteiger partial charge >= 0.3 is 0 Å². The normalized spacial score (nSPS) is 20.3. The monoisotopic (exact) mass is 318 g/mol. The van der Waals surface area contributed by atoms with Crippen LogP contribution in [0.2, 0.25) is 0 Å². The van der Waals surface area contributed by atoms with Crippen LogP contribution >= 0.6 is 0 Å². The lowest BCUT2D eigenvalue weighted by Gasteiger charge is -2.18. The van der Waals surface area contributed by atoms with E-state index in [0.29, 0.717) is 19.5 Å². The van der Waals surface area contributed by atoms with Crippen LogP contribution in [-0.4, -0.2) is 48.5 Å². The predicted octanol–water partition coefficient (Wildman–Crippen LogP) is 0.218. The molecule has 1 aliphatic heterocycles. The second-order valence-corrected chi connectivity index (χ2v) is 9.05. The van der Waals surface area contributed by atoms with Crippen molar-refractivity contribution in [3.63, 3.8) is 0 Å². The molecule has 0 amide bonds. The molecule has 1 saturated heterocycles. The molecule has 0 bridgehead atoms. The van der Waals surface area contributed by atoms with Gasteiger partial charge in [-0.15, -0.1) is 0 Å². The van der Waals surface area contributed by atoms with Crippen molar-refractivity contribution in [3.05, 3.63) is 24.3 Å². The van der Waals surface area contributed by atoms with Crippen molar-refractivity contribution < 1.29 is 16.8 Å². The molecule has 0 aromatic heterocycles. The highest BCUT2D eigenvalue weighted by Gasteiger charge is 2.32. The molecule has 0 aliphatic carbocycles. The van der Waals surface area contributed by atoms with Crippen molar-refractivity contribution in [3.8, 4) is 0 Å². The van der Waals surface area contributed by atoms with Crippen molar-refractivity contribution in [1.82, 2.24) is 4.72 Å². The van der Waals surface area contributed by atoms with Gasteiger partial charge in [0.25, 0.3) is 0 Å². The van der Waals surface area contributed by atoms with Crippen LogP contribution in [0.5, 0.6) is 0 Å². The number of benzene rings is 1. The fourth-order valence-electron chi connectivity index (χ4n) is 2.29. The maximum atomic E-state index is 11.7. The molecule has 1 N–H and O–H groups in total. The first-order valence-corrected chi connectivity index (χ1v) is 9.65. The predicted molar refractivity (Wildman–Crippen MR) is 78.1 cm³/mol. The molecule has 112 valence electrons. The molecule has 6 nitrogen and oxygen atoms in total. The van der Waals surface area contributed by atoms with Crippen LogP contribution in [0.15, 0.2) is 29.2 Å². The van der Waals surface area contributed by atoms with Gasteiger partial charge in [-0.25, -0.2) is 21.6 Å². The Kier molecular flexibility index (Phi) is 4.08. The fourth-order valence-corrected chi connectivity index (χ4v) is 4.04. The minimum absolute atomic E-state index is 0.264. The molecule has 1 unspecified atom stereocenters. The summed E-state index contributed by atoms with van der Waals surface area (Å²) < 4.78 is 48.6. The third-order valence-corrected chi connectivity index (χ3v) is 6.46. The summed E-state index contributed by atoms with van der Waals surface area (Å²) in [5.74, 6) is 0. The smallest absolute Gasteiger partial charge is 0.216 e. The van der Waals surface area contributed by atoms with E-state index >= 15 is 0 Å². The largest absolute Gasteiger partial charge is 0.370 e. The summed E-state index contributed by atoms with van der Waals surface area (Å²) in [5.41, 5.74) is 0.839. The molecular weight excluding hydrogens is 300 g/mol. The highest BCUT2D eigenvalue weighted by molar-refractivity contribution is 7.90. The number of sulfone groups is 1. The van der Waals surface area contributed by atoms with E-state index in [2.05, 4.69) is 4.72 Å². The summed E-state index contributed by atoms with van der Waals surface area (Å²) in [4.78, 5) is 2.21. The Labute approximate surface area is 119 Å². The van der Waals surface area contributed by atoms with Gasteiger partial charge in [-0.1, -0.05) is 0 Å². The maximum absolute atomic E-state index is 11.7. The second-order valence-electron chi connectivity index (χ2n) is 4.87. The van der Waals surface area contributed by atoms with Gasteiger partial charge < -0.3 is 4.90 Å². The molecule has 0 radical (unpaired) electrons. The number of anilines is 1. The van der Waals surface area contributed by atoms with Gasteiger partial charge in [0.15, 0.2) is 9.84 Å². The van der Waals surface area contributed by atoms with Gasteiger partial charge in [-0.3, -0.25) is 0 Å². The zero-order chi connectivity index (χ0) is 15.0. The highest BCUT2D eigenvalue weighted by atomic mass is 32.2. The van der Waals surface area contributed by atoms with Crippen LogP contribution < -0.4 is 9.62 Å². The average molecular weight is 318 g/mol. The summed E-state index contributed by atoms with van der Waals surface area (Å²) in [6, 6.07) is 6.52. The minimum atomic E-state index is -3.26. The van der Waals surface area contributed by atoms with Crippen LogP contribution in [0.3, 0.4) is 0 Å². The van der Waals surface area contributed by atoms with Crippen LogP contribution in [0.25, 0.3) is 0 Å². The van der Waals surface area contributed by atoms with E-state index in [-0.39, 0.29) is 4.90 Å². The molecule has 1 aromatic carbocycles. The van der Waals surface area contributed by atoms with Crippen molar-refractivity contribution in [2.24, 2.45) is 0 Å². The fraction of sp³-hybridized carbons (Fsp3) is 0.500. The third kappa shape index (κ3) is 3.13. The summed E-state index contributed by atoms with van der Waals surface area (Å²) in [6.07, 6.45) is 1.73. The van der Waals surface area contributed by atoms with E-state index in [1.807, 2.05) is 4.90 Å². The van der Waals surface area contributed by atoms with Gasteiger partial charge in [0.05, 0.1) is 10.1 Å². The Morgan fingerprint density at radius 3 is 2.25 bits per heavy atom. The molecule has 1 fully saturated rings. The van der Waals surface area contributed by atoms with Crippen LogP contribution in [0.1, 0.15) is 6.42 Å². The minimum Gasteiger partial charge on any atom is -0.370 e. The van der Waals surface area contributed by atoms with Crippen molar-refractivity contribution >= 4 is 25.5 Å². The third-order valence-electron chi connectivity index (χ3n) is 3.50. The first-order valence-electron chi connectivity index (χ1n) is 6.21. The molecule has 0 spiro atoms. The summed E-state index contributed by atoms with van der Waals surface area (Å²) in [6.45, 7) is 1.06. The standard InChI is InChI=1S/C12H18N2O4S2/c1-13-20(17,18)12-7-8-14(9-12)10-3-5-11(6-4-10)19(2,15)16/h3-6,12-13H,7-9H2,1-2H3. The second kappa shape index (κ2) is 5.34. The van der Waals surface area contributed by atoms with E-state index in [9.17, 15) is 16.8 Å². The topological polar surface area (TPSA) is 83.6 Å². The van der Waals surface area contributed by atoms with E-state index in [1.165, 1.54) is 7.05 Å². The quantitative estimate of drug-likeness (QED) is 0.858. The molecule has 20 heavy (non-hydrogen) atoms. The number of rotatable bonds is 4. The molecule has 1 aliphatic rings. The molecule has 1 heterocycles. The van der Waals surface area contributed by atoms with Crippen molar-refractivity contribution in [2.45, 2.75) is 16.6 Å². The molecular formula is C12H18N2O4S2. The van der Waals surface area contributed by atoms with E-state index in [1.54, 1.807) is 24.3 Å². The Balaban J connectivity index is 2.15. The zero-order valence-corrected chi connectivity index (χ0v) is 13.0. The number of nitrogens with zero attached hydrogens (tertiary/aromatic N) is 1. The molecule has 2 rings (SSSR count). The number of nitrogens with one attached hydrogen (secondary N) is 1. The SMILES string of the molecule is CNS(=O)(=O)C1CCN(c2ccc(S(C)(=O)=O)cc2)C1. The van der Waals surface area contributed by atoms with Crippen LogP contribution in [-0.2, 0) is 19.9 Å².